The summed E-state index contributed by atoms with van der Waals surface area (Å²) in [6.07, 6.45) is 6.01. The maximum absolute atomic E-state index is 12.9. The van der Waals surface area contributed by atoms with Gasteiger partial charge < -0.3 is 10.6 Å². The van der Waals surface area contributed by atoms with Crippen LogP contribution in [0.25, 0.3) is 0 Å². The molecule has 21 heavy (non-hydrogen) atoms. The number of amides is 1. The van der Waals surface area contributed by atoms with Crippen molar-refractivity contribution in [3.63, 3.8) is 0 Å². The van der Waals surface area contributed by atoms with E-state index in [4.69, 9.17) is 17.3 Å². The molecule has 114 valence electrons. The zero-order chi connectivity index (χ0) is 14.8. The Labute approximate surface area is 131 Å². The van der Waals surface area contributed by atoms with Gasteiger partial charge >= 0.3 is 0 Å². The average molecular weight is 307 g/mol. The molecule has 1 saturated carbocycles. The largest absolute Gasteiger partial charge is 0.335 e. The first-order valence-corrected chi connectivity index (χ1v) is 8.35. The second kappa shape index (κ2) is 6.37. The molecule has 1 amide bonds. The highest BCUT2D eigenvalue weighted by Crippen LogP contribution is 2.38. The minimum Gasteiger partial charge on any atom is -0.335 e. The standard InChI is InChI=1S/C17H23ClN2O/c18-15-8-2-1-7-14(15)16-9-4-10-20(16)17(21)12-5-3-6-13(19)11-12/h1-2,7-8,12-13,16H,3-6,9-11,19H2/t12-,13+,16+/m0/s1. The number of benzene rings is 1. The Morgan fingerprint density at radius 1 is 1.19 bits per heavy atom. The number of halogens is 1. The van der Waals surface area contributed by atoms with Crippen molar-refractivity contribution in [2.75, 3.05) is 6.54 Å². The third kappa shape index (κ3) is 3.09. The summed E-state index contributed by atoms with van der Waals surface area (Å²) in [5, 5.41) is 0.766. The smallest absolute Gasteiger partial charge is 0.226 e. The SMILES string of the molecule is N[C@@H]1CCC[C@H](C(=O)N2CCC[C@@H]2c2ccccc2Cl)C1. The molecule has 1 aromatic rings. The van der Waals surface area contributed by atoms with Gasteiger partial charge in [0.2, 0.25) is 5.91 Å². The molecule has 4 heteroatoms. The third-order valence-electron chi connectivity index (χ3n) is 4.86. The number of hydrogen-bond donors (Lipinski definition) is 1. The number of nitrogens with two attached hydrogens (primary N) is 1. The van der Waals surface area contributed by atoms with Gasteiger partial charge in [-0.25, -0.2) is 0 Å². The number of likely N-dealkylation sites (tertiary alicyclic amines) is 1. The number of hydrogen-bond acceptors (Lipinski definition) is 2. The van der Waals surface area contributed by atoms with Crippen LogP contribution in [0.15, 0.2) is 24.3 Å². The Bertz CT molecular complexity index is 519. The Morgan fingerprint density at radius 2 is 2.00 bits per heavy atom. The van der Waals surface area contributed by atoms with Crippen molar-refractivity contribution in [3.8, 4) is 0 Å². The van der Waals surface area contributed by atoms with Crippen molar-refractivity contribution >= 4 is 17.5 Å². The lowest BCUT2D eigenvalue weighted by molar-refractivity contribution is -0.137. The van der Waals surface area contributed by atoms with Crippen molar-refractivity contribution in [2.45, 2.75) is 50.6 Å². The number of nitrogens with zero attached hydrogens (tertiary/aromatic N) is 1. The summed E-state index contributed by atoms with van der Waals surface area (Å²) in [6, 6.07) is 8.23. The molecule has 2 aliphatic rings. The van der Waals surface area contributed by atoms with Gasteiger partial charge in [-0.3, -0.25) is 4.79 Å². The molecule has 3 atom stereocenters. The molecule has 0 spiro atoms. The highest BCUT2D eigenvalue weighted by atomic mass is 35.5. The van der Waals surface area contributed by atoms with Gasteiger partial charge in [-0.2, -0.15) is 0 Å². The van der Waals surface area contributed by atoms with E-state index in [-0.39, 0.29) is 23.9 Å². The highest BCUT2D eigenvalue weighted by molar-refractivity contribution is 6.31. The van der Waals surface area contributed by atoms with Crippen molar-refractivity contribution < 1.29 is 4.79 Å². The van der Waals surface area contributed by atoms with Crippen LogP contribution in [0.1, 0.15) is 50.1 Å². The molecular weight excluding hydrogens is 284 g/mol. The summed E-state index contributed by atoms with van der Waals surface area (Å²) in [5.74, 6) is 0.393. The lowest BCUT2D eigenvalue weighted by Crippen LogP contribution is -2.40. The Morgan fingerprint density at radius 3 is 2.76 bits per heavy atom. The Hall–Kier alpha value is -1.06. The van der Waals surface area contributed by atoms with Crippen molar-refractivity contribution in [1.82, 2.24) is 4.90 Å². The normalized spacial score (nSPS) is 29.6. The predicted molar refractivity (Wildman–Crippen MR) is 85.1 cm³/mol. The van der Waals surface area contributed by atoms with Gasteiger partial charge in [0.25, 0.3) is 0 Å². The molecule has 1 aromatic carbocycles. The zero-order valence-corrected chi connectivity index (χ0v) is 13.1. The van der Waals surface area contributed by atoms with E-state index < -0.39 is 0 Å². The van der Waals surface area contributed by atoms with Crippen LogP contribution in [0.3, 0.4) is 0 Å². The van der Waals surface area contributed by atoms with Gasteiger partial charge in [0.15, 0.2) is 0 Å². The van der Waals surface area contributed by atoms with Crippen LogP contribution in [-0.2, 0) is 4.79 Å². The van der Waals surface area contributed by atoms with Crippen molar-refractivity contribution in [3.05, 3.63) is 34.9 Å². The van der Waals surface area contributed by atoms with Crippen molar-refractivity contribution in [1.29, 1.82) is 0 Å². The van der Waals surface area contributed by atoms with E-state index in [0.29, 0.717) is 0 Å². The molecule has 1 aliphatic heterocycles. The molecule has 0 radical (unpaired) electrons. The second-order valence-electron chi connectivity index (χ2n) is 6.33. The first-order chi connectivity index (χ1) is 10.2. The average Bonchev–Trinajstić information content (AvgIpc) is 2.96. The van der Waals surface area contributed by atoms with E-state index in [0.717, 1.165) is 55.7 Å². The second-order valence-corrected chi connectivity index (χ2v) is 6.74. The molecular formula is C17H23ClN2O. The maximum Gasteiger partial charge on any atom is 0.226 e. The predicted octanol–water partition coefficient (Wildman–Crippen LogP) is 3.52. The Balaban J connectivity index is 1.77. The first kappa shape index (κ1) is 14.9. The van der Waals surface area contributed by atoms with Gasteiger partial charge in [-0.05, 0) is 43.7 Å². The summed E-state index contributed by atoms with van der Waals surface area (Å²) in [4.78, 5) is 14.9. The summed E-state index contributed by atoms with van der Waals surface area (Å²) in [5.41, 5.74) is 7.13. The molecule has 1 aliphatic carbocycles. The zero-order valence-electron chi connectivity index (χ0n) is 12.3. The van der Waals surface area contributed by atoms with Crippen LogP contribution in [-0.4, -0.2) is 23.4 Å². The van der Waals surface area contributed by atoms with Gasteiger partial charge in [-0.15, -0.1) is 0 Å². The fraction of sp³-hybridized carbons (Fsp3) is 0.588. The number of rotatable bonds is 2. The first-order valence-electron chi connectivity index (χ1n) is 7.97. The molecule has 0 unspecified atom stereocenters. The van der Waals surface area contributed by atoms with E-state index in [2.05, 4.69) is 0 Å². The molecule has 1 heterocycles. The van der Waals surface area contributed by atoms with E-state index in [1.807, 2.05) is 29.2 Å². The summed E-state index contributed by atoms with van der Waals surface area (Å²) in [7, 11) is 0. The minimum atomic E-state index is 0.108. The summed E-state index contributed by atoms with van der Waals surface area (Å²) < 4.78 is 0. The van der Waals surface area contributed by atoms with Crippen LogP contribution in [0, 0.1) is 5.92 Å². The third-order valence-corrected chi connectivity index (χ3v) is 5.21. The minimum absolute atomic E-state index is 0.108. The molecule has 2 N–H and O–H groups in total. The molecule has 3 nitrogen and oxygen atoms in total. The van der Waals surface area contributed by atoms with E-state index in [1.165, 1.54) is 0 Å². The van der Waals surface area contributed by atoms with Crippen molar-refractivity contribution in [2.24, 2.45) is 11.7 Å². The number of carbonyl (C=O) groups is 1. The Kier molecular flexibility index (Phi) is 4.51. The van der Waals surface area contributed by atoms with Crippen LogP contribution < -0.4 is 5.73 Å². The summed E-state index contributed by atoms with van der Waals surface area (Å²) in [6.45, 7) is 0.848. The molecule has 1 saturated heterocycles. The topological polar surface area (TPSA) is 46.3 Å². The monoisotopic (exact) mass is 306 g/mol. The van der Waals surface area contributed by atoms with Crippen LogP contribution >= 0.6 is 11.6 Å². The highest BCUT2D eigenvalue weighted by Gasteiger charge is 2.36. The van der Waals surface area contributed by atoms with E-state index >= 15 is 0 Å². The van der Waals surface area contributed by atoms with Gasteiger partial charge in [-0.1, -0.05) is 36.2 Å². The lowest BCUT2D eigenvalue weighted by atomic mass is 9.85. The van der Waals surface area contributed by atoms with Crippen LogP contribution in [0.2, 0.25) is 5.02 Å². The number of carbonyl (C=O) groups excluding carboxylic acids is 1. The van der Waals surface area contributed by atoms with Crippen LogP contribution in [0.5, 0.6) is 0 Å². The van der Waals surface area contributed by atoms with Gasteiger partial charge in [0, 0.05) is 23.5 Å². The molecule has 0 aromatic heterocycles. The quantitative estimate of drug-likeness (QED) is 0.908. The van der Waals surface area contributed by atoms with E-state index in [9.17, 15) is 4.79 Å². The maximum atomic E-state index is 12.9. The summed E-state index contributed by atoms with van der Waals surface area (Å²) >= 11 is 6.33. The van der Waals surface area contributed by atoms with Crippen LogP contribution in [0.4, 0.5) is 0 Å². The molecule has 2 fully saturated rings. The van der Waals surface area contributed by atoms with Gasteiger partial charge in [0.1, 0.15) is 0 Å². The molecule has 3 rings (SSSR count). The lowest BCUT2D eigenvalue weighted by Gasteiger charge is -2.33. The fourth-order valence-corrected chi connectivity index (χ4v) is 4.05. The van der Waals surface area contributed by atoms with Gasteiger partial charge in [0.05, 0.1) is 6.04 Å². The molecule has 0 bridgehead atoms. The fourth-order valence-electron chi connectivity index (χ4n) is 3.79. The van der Waals surface area contributed by atoms with E-state index in [1.54, 1.807) is 0 Å².